The minimum atomic E-state index is 0.311. The Morgan fingerprint density at radius 3 is 2.48 bits per heavy atom. The zero-order chi connectivity index (χ0) is 20.4. The molecule has 6 nitrogen and oxygen atoms in total. The molecule has 2 atom stereocenters. The summed E-state index contributed by atoms with van der Waals surface area (Å²) < 4.78 is 11.9. The van der Waals surface area contributed by atoms with Gasteiger partial charge in [-0.2, -0.15) is 10.2 Å². The third-order valence-corrected chi connectivity index (χ3v) is 6.00. The maximum absolute atomic E-state index is 9.58. The highest BCUT2D eigenvalue weighted by Gasteiger charge is 2.29. The van der Waals surface area contributed by atoms with Gasteiger partial charge >= 0.3 is 0 Å². The van der Waals surface area contributed by atoms with Gasteiger partial charge < -0.3 is 14.1 Å². The van der Waals surface area contributed by atoms with Crippen LogP contribution in [0.4, 0.5) is 5.88 Å². The van der Waals surface area contributed by atoms with Crippen molar-refractivity contribution in [3.63, 3.8) is 0 Å². The fourth-order valence-electron chi connectivity index (χ4n) is 4.64. The van der Waals surface area contributed by atoms with Gasteiger partial charge in [-0.3, -0.25) is 4.90 Å². The number of aryl methyl sites for hydroxylation is 1. The first-order valence-electron chi connectivity index (χ1n) is 10.6. The molecule has 2 fully saturated rings. The van der Waals surface area contributed by atoms with Gasteiger partial charge in [-0.25, -0.2) is 0 Å². The van der Waals surface area contributed by atoms with E-state index in [1.807, 2.05) is 31.2 Å². The summed E-state index contributed by atoms with van der Waals surface area (Å²) in [4.78, 5) is 9.21. The van der Waals surface area contributed by atoms with E-state index in [9.17, 15) is 5.26 Å². The zero-order valence-corrected chi connectivity index (χ0v) is 17.6. The van der Waals surface area contributed by atoms with Crippen LogP contribution in [0.2, 0.25) is 0 Å². The second kappa shape index (κ2) is 8.56. The minimum absolute atomic E-state index is 0.311. The summed E-state index contributed by atoms with van der Waals surface area (Å²) in [5.74, 6) is 1.83. The lowest BCUT2D eigenvalue weighted by Gasteiger charge is -2.39. The number of ether oxygens (including phenoxy) is 1. The Labute approximate surface area is 173 Å². The predicted molar refractivity (Wildman–Crippen MR) is 113 cm³/mol. The molecule has 154 valence electrons. The summed E-state index contributed by atoms with van der Waals surface area (Å²) in [6.07, 6.45) is 2.83. The number of nitriles is 1. The fourth-order valence-corrected chi connectivity index (χ4v) is 4.64. The Morgan fingerprint density at radius 1 is 1.14 bits per heavy atom. The van der Waals surface area contributed by atoms with Crippen molar-refractivity contribution in [2.24, 2.45) is 5.92 Å². The minimum Gasteiger partial charge on any atom is -0.419 e. The van der Waals surface area contributed by atoms with Crippen molar-refractivity contribution in [2.75, 3.05) is 37.6 Å². The number of hydrogen-bond donors (Lipinski definition) is 0. The number of benzene rings is 1. The van der Waals surface area contributed by atoms with Crippen molar-refractivity contribution in [1.29, 1.82) is 5.26 Å². The van der Waals surface area contributed by atoms with E-state index in [4.69, 9.17) is 9.15 Å². The van der Waals surface area contributed by atoms with Crippen LogP contribution in [-0.2, 0) is 4.74 Å². The lowest BCUT2D eigenvalue weighted by atomic mass is 9.95. The van der Waals surface area contributed by atoms with Crippen LogP contribution in [0.5, 0.6) is 0 Å². The fraction of sp³-hybridized carbons (Fsp3) is 0.565. The molecule has 0 radical (unpaired) electrons. The first-order chi connectivity index (χ1) is 14.0. The largest absolute Gasteiger partial charge is 0.419 e. The third kappa shape index (κ3) is 4.47. The van der Waals surface area contributed by atoms with E-state index in [0.717, 1.165) is 56.7 Å². The highest BCUT2D eigenvalue weighted by molar-refractivity contribution is 5.62. The highest BCUT2D eigenvalue weighted by atomic mass is 16.5. The van der Waals surface area contributed by atoms with Crippen LogP contribution >= 0.6 is 0 Å². The van der Waals surface area contributed by atoms with Crippen LogP contribution in [0.3, 0.4) is 0 Å². The van der Waals surface area contributed by atoms with Crippen LogP contribution in [-0.4, -0.2) is 54.8 Å². The van der Waals surface area contributed by atoms with Crippen molar-refractivity contribution in [3.05, 3.63) is 35.5 Å². The van der Waals surface area contributed by atoms with Gasteiger partial charge in [-0.15, -0.1) is 0 Å². The van der Waals surface area contributed by atoms with Crippen LogP contribution in [0.25, 0.3) is 11.5 Å². The summed E-state index contributed by atoms with van der Waals surface area (Å²) >= 11 is 0. The first-order valence-corrected chi connectivity index (χ1v) is 10.6. The van der Waals surface area contributed by atoms with E-state index in [2.05, 4.69) is 34.7 Å². The number of oxazole rings is 1. The first kappa shape index (κ1) is 19.9. The van der Waals surface area contributed by atoms with Gasteiger partial charge in [0.25, 0.3) is 0 Å². The zero-order valence-electron chi connectivity index (χ0n) is 17.6. The summed E-state index contributed by atoms with van der Waals surface area (Å²) in [5.41, 5.74) is 2.43. The summed E-state index contributed by atoms with van der Waals surface area (Å²) in [7, 11) is 0. The molecule has 0 amide bonds. The Balaban J connectivity index is 1.41. The second-order valence-corrected chi connectivity index (χ2v) is 8.51. The lowest BCUT2D eigenvalue weighted by Crippen LogP contribution is -2.48. The maximum Gasteiger partial charge on any atom is 0.235 e. The monoisotopic (exact) mass is 394 g/mol. The normalized spacial score (nSPS) is 23.9. The van der Waals surface area contributed by atoms with E-state index < -0.39 is 0 Å². The Kier molecular flexibility index (Phi) is 5.89. The van der Waals surface area contributed by atoms with E-state index in [0.29, 0.717) is 35.6 Å². The molecule has 29 heavy (non-hydrogen) atoms. The molecule has 0 N–H and O–H groups in total. The molecule has 0 saturated carbocycles. The van der Waals surface area contributed by atoms with Crippen molar-refractivity contribution in [2.45, 2.75) is 45.8 Å². The SMILES string of the molecule is Cc1ccccc1-c1nc(C#N)c(N2CCC(CN3CC(C)OC(C)C3)CC2)o1. The summed E-state index contributed by atoms with van der Waals surface area (Å²) in [5, 5.41) is 9.58. The standard InChI is InChI=1S/C23H30N4O2/c1-16-6-4-5-7-20(16)22-25-21(12-24)23(29-22)27-10-8-19(9-11-27)15-26-13-17(2)28-18(3)14-26/h4-7,17-19H,8-11,13-15H2,1-3H3. The third-order valence-electron chi connectivity index (χ3n) is 6.00. The van der Waals surface area contributed by atoms with Gasteiger partial charge in [0, 0.05) is 38.3 Å². The summed E-state index contributed by atoms with van der Waals surface area (Å²) in [6, 6.07) is 10.2. The van der Waals surface area contributed by atoms with Crippen LogP contribution < -0.4 is 4.90 Å². The van der Waals surface area contributed by atoms with Gasteiger partial charge in [0.2, 0.25) is 17.5 Å². The van der Waals surface area contributed by atoms with E-state index in [-0.39, 0.29) is 0 Å². The number of aromatic nitrogens is 1. The molecule has 2 aliphatic rings. The van der Waals surface area contributed by atoms with Gasteiger partial charge in [-0.05, 0) is 51.2 Å². The molecule has 0 bridgehead atoms. The molecule has 6 heteroatoms. The van der Waals surface area contributed by atoms with E-state index >= 15 is 0 Å². The van der Waals surface area contributed by atoms with Crippen molar-refractivity contribution in [3.8, 4) is 17.5 Å². The van der Waals surface area contributed by atoms with Gasteiger partial charge in [0.1, 0.15) is 6.07 Å². The predicted octanol–water partition coefficient (Wildman–Crippen LogP) is 3.85. The molecule has 2 unspecified atom stereocenters. The Morgan fingerprint density at radius 2 is 1.83 bits per heavy atom. The molecule has 4 rings (SSSR count). The molecule has 2 aromatic rings. The van der Waals surface area contributed by atoms with Gasteiger partial charge in [0.15, 0.2) is 0 Å². The van der Waals surface area contributed by atoms with Crippen LogP contribution in [0.1, 0.15) is 37.9 Å². The van der Waals surface area contributed by atoms with Crippen molar-refractivity contribution >= 4 is 5.88 Å². The van der Waals surface area contributed by atoms with Crippen molar-refractivity contribution in [1.82, 2.24) is 9.88 Å². The number of nitrogens with zero attached hydrogens (tertiary/aromatic N) is 4. The molecular weight excluding hydrogens is 364 g/mol. The molecule has 0 spiro atoms. The van der Waals surface area contributed by atoms with Crippen LogP contribution in [0, 0.1) is 24.2 Å². The average molecular weight is 395 g/mol. The van der Waals surface area contributed by atoms with Gasteiger partial charge in [0.05, 0.1) is 12.2 Å². The smallest absolute Gasteiger partial charge is 0.235 e. The second-order valence-electron chi connectivity index (χ2n) is 8.51. The van der Waals surface area contributed by atoms with Crippen LogP contribution in [0.15, 0.2) is 28.7 Å². The Bertz CT molecular complexity index is 869. The number of rotatable bonds is 4. The van der Waals surface area contributed by atoms with E-state index in [1.165, 1.54) is 0 Å². The number of anilines is 1. The average Bonchev–Trinajstić information content (AvgIpc) is 3.12. The molecule has 2 aliphatic heterocycles. The van der Waals surface area contributed by atoms with Gasteiger partial charge in [-0.1, -0.05) is 18.2 Å². The van der Waals surface area contributed by atoms with Crippen molar-refractivity contribution < 1.29 is 9.15 Å². The molecular formula is C23H30N4O2. The molecule has 1 aromatic heterocycles. The topological polar surface area (TPSA) is 65.5 Å². The maximum atomic E-state index is 9.58. The Hall–Kier alpha value is -2.36. The number of morpholine rings is 1. The number of piperidine rings is 1. The molecule has 0 aliphatic carbocycles. The highest BCUT2D eigenvalue weighted by Crippen LogP contribution is 2.32. The lowest BCUT2D eigenvalue weighted by molar-refractivity contribution is -0.0720. The quantitative estimate of drug-likeness (QED) is 0.785. The number of hydrogen-bond acceptors (Lipinski definition) is 6. The molecule has 1 aromatic carbocycles. The molecule has 3 heterocycles. The summed E-state index contributed by atoms with van der Waals surface area (Å²) in [6.45, 7) is 11.3. The van der Waals surface area contributed by atoms with E-state index in [1.54, 1.807) is 0 Å². The molecule has 2 saturated heterocycles.